The maximum atomic E-state index is 5.46. The molecule has 4 rings (SSSR count). The van der Waals surface area contributed by atoms with Gasteiger partial charge in [-0.2, -0.15) is 0 Å². The molecule has 1 aromatic heterocycles. The fourth-order valence-electron chi connectivity index (χ4n) is 3.98. The van der Waals surface area contributed by atoms with Gasteiger partial charge in [0.1, 0.15) is 5.75 Å². The van der Waals surface area contributed by atoms with E-state index in [-0.39, 0.29) is 0 Å². The van der Waals surface area contributed by atoms with Gasteiger partial charge in [0.25, 0.3) is 0 Å². The number of likely N-dealkylation sites (tertiary alicyclic amines) is 1. The van der Waals surface area contributed by atoms with E-state index in [0.29, 0.717) is 6.04 Å². The number of methoxy groups -OCH3 is 1. The van der Waals surface area contributed by atoms with Crippen LogP contribution in [0.5, 0.6) is 5.75 Å². The summed E-state index contributed by atoms with van der Waals surface area (Å²) < 4.78 is 7.98. The average Bonchev–Trinajstić information content (AvgIpc) is 3.13. The van der Waals surface area contributed by atoms with E-state index in [4.69, 9.17) is 4.74 Å². The summed E-state index contributed by atoms with van der Waals surface area (Å²) in [6.07, 6.45) is 4.00. The molecule has 1 aromatic carbocycles. The van der Waals surface area contributed by atoms with E-state index in [9.17, 15) is 0 Å². The summed E-state index contributed by atoms with van der Waals surface area (Å²) in [6.45, 7) is 5.83. The highest BCUT2D eigenvalue weighted by Crippen LogP contribution is 2.39. The van der Waals surface area contributed by atoms with E-state index in [1.807, 2.05) is 0 Å². The molecule has 3 nitrogen and oxygen atoms in total. The van der Waals surface area contributed by atoms with Crippen LogP contribution in [0.4, 0.5) is 0 Å². The fourth-order valence-corrected chi connectivity index (χ4v) is 3.98. The highest BCUT2D eigenvalue weighted by molar-refractivity contribution is 5.84. The highest BCUT2D eigenvalue weighted by Gasteiger charge is 2.31. The van der Waals surface area contributed by atoms with Gasteiger partial charge in [-0.25, -0.2) is 0 Å². The Kier molecular flexibility index (Phi) is 2.77. The van der Waals surface area contributed by atoms with Gasteiger partial charge in [-0.3, -0.25) is 4.90 Å². The molecule has 106 valence electrons. The number of hydrogen-bond acceptors (Lipinski definition) is 2. The zero-order valence-corrected chi connectivity index (χ0v) is 12.4. The first kappa shape index (κ1) is 12.3. The Hall–Kier alpha value is -1.48. The molecule has 1 fully saturated rings. The third kappa shape index (κ3) is 1.69. The van der Waals surface area contributed by atoms with Crippen LogP contribution in [0.3, 0.4) is 0 Å². The summed E-state index contributed by atoms with van der Waals surface area (Å²) in [6, 6.07) is 7.49. The smallest absolute Gasteiger partial charge is 0.122 e. The molecule has 2 aliphatic rings. The molecule has 3 heterocycles. The molecule has 2 aliphatic heterocycles. The Labute approximate surface area is 120 Å². The van der Waals surface area contributed by atoms with Gasteiger partial charge in [-0.1, -0.05) is 0 Å². The monoisotopic (exact) mass is 270 g/mol. The van der Waals surface area contributed by atoms with Crippen LogP contribution in [0.15, 0.2) is 18.2 Å². The molecule has 1 unspecified atom stereocenters. The fraction of sp³-hybridized carbons (Fsp3) is 0.529. The zero-order valence-electron chi connectivity index (χ0n) is 12.4. The number of rotatable bonds is 2. The van der Waals surface area contributed by atoms with Crippen molar-refractivity contribution in [1.29, 1.82) is 0 Å². The molecule has 0 bridgehead atoms. The van der Waals surface area contributed by atoms with Crippen LogP contribution in [-0.2, 0) is 6.54 Å². The van der Waals surface area contributed by atoms with Crippen LogP contribution in [-0.4, -0.2) is 29.7 Å². The second-order valence-corrected chi connectivity index (χ2v) is 6.15. The Morgan fingerprint density at radius 3 is 2.65 bits per heavy atom. The van der Waals surface area contributed by atoms with E-state index in [0.717, 1.165) is 12.3 Å². The number of hydrogen-bond donors (Lipinski definition) is 0. The molecular weight excluding hydrogens is 248 g/mol. The molecule has 2 aromatic rings. The highest BCUT2D eigenvalue weighted by atomic mass is 16.5. The van der Waals surface area contributed by atoms with Crippen LogP contribution >= 0.6 is 0 Å². The Bertz CT molecular complexity index is 653. The maximum absolute atomic E-state index is 5.46. The number of aryl methyl sites for hydroxylation is 2. The minimum Gasteiger partial charge on any atom is -0.496 e. The predicted octanol–water partition coefficient (Wildman–Crippen LogP) is 3.50. The van der Waals surface area contributed by atoms with Gasteiger partial charge >= 0.3 is 0 Å². The topological polar surface area (TPSA) is 17.4 Å². The van der Waals surface area contributed by atoms with Gasteiger partial charge in [0.15, 0.2) is 0 Å². The molecular formula is C17H22N2O. The van der Waals surface area contributed by atoms with Crippen LogP contribution in [0.25, 0.3) is 10.9 Å². The molecule has 0 N–H and O–H groups in total. The van der Waals surface area contributed by atoms with Crippen molar-refractivity contribution in [2.24, 2.45) is 0 Å². The first-order valence-electron chi connectivity index (χ1n) is 7.70. The lowest BCUT2D eigenvalue weighted by Crippen LogP contribution is -2.23. The summed E-state index contributed by atoms with van der Waals surface area (Å²) in [7, 11) is 1.75. The third-order valence-corrected chi connectivity index (χ3v) is 5.00. The van der Waals surface area contributed by atoms with Crippen LogP contribution in [0, 0.1) is 6.92 Å². The average molecular weight is 270 g/mol. The number of ether oxygens (including phenoxy) is 1. The molecule has 0 radical (unpaired) electrons. The normalized spacial score (nSPS) is 22.6. The standard InChI is InChI=1S/C17H22N2O/c1-12-9-15-13(11-17(12)20-2)10-16-14(5-8-19(15)16)18-6-3-4-7-18/h9-11,14H,3-8H2,1-2H3. The third-order valence-electron chi connectivity index (χ3n) is 5.00. The molecule has 1 saturated heterocycles. The summed E-state index contributed by atoms with van der Waals surface area (Å²) in [5.41, 5.74) is 4.11. The summed E-state index contributed by atoms with van der Waals surface area (Å²) in [4.78, 5) is 2.67. The molecule has 0 aliphatic carbocycles. The van der Waals surface area contributed by atoms with Crippen LogP contribution < -0.4 is 4.74 Å². The largest absolute Gasteiger partial charge is 0.496 e. The lowest BCUT2D eigenvalue weighted by atomic mass is 10.1. The van der Waals surface area contributed by atoms with E-state index >= 15 is 0 Å². The molecule has 3 heteroatoms. The van der Waals surface area contributed by atoms with E-state index in [1.54, 1.807) is 7.11 Å². The predicted molar refractivity (Wildman–Crippen MR) is 81.4 cm³/mol. The van der Waals surface area contributed by atoms with E-state index in [2.05, 4.69) is 34.6 Å². The van der Waals surface area contributed by atoms with Crippen molar-refractivity contribution in [3.8, 4) is 5.75 Å². The molecule has 0 amide bonds. The quantitative estimate of drug-likeness (QED) is 0.831. The SMILES string of the molecule is COc1cc2cc3n(c2cc1C)CCC3N1CCCC1. The molecule has 0 spiro atoms. The minimum atomic E-state index is 0.635. The lowest BCUT2D eigenvalue weighted by Gasteiger charge is -2.22. The maximum Gasteiger partial charge on any atom is 0.122 e. The van der Waals surface area contributed by atoms with Crippen molar-refractivity contribution in [2.45, 2.75) is 38.8 Å². The second kappa shape index (κ2) is 4.52. The van der Waals surface area contributed by atoms with Gasteiger partial charge in [0.05, 0.1) is 13.2 Å². The number of benzene rings is 1. The van der Waals surface area contributed by atoms with Crippen molar-refractivity contribution in [2.75, 3.05) is 20.2 Å². The van der Waals surface area contributed by atoms with Crippen LogP contribution in [0.1, 0.15) is 36.6 Å². The van der Waals surface area contributed by atoms with E-state index < -0.39 is 0 Å². The number of nitrogens with zero attached hydrogens (tertiary/aromatic N) is 2. The minimum absolute atomic E-state index is 0.635. The Morgan fingerprint density at radius 2 is 1.90 bits per heavy atom. The van der Waals surface area contributed by atoms with Crippen molar-refractivity contribution in [3.05, 3.63) is 29.5 Å². The molecule has 0 saturated carbocycles. The first-order valence-corrected chi connectivity index (χ1v) is 7.70. The second-order valence-electron chi connectivity index (χ2n) is 6.15. The van der Waals surface area contributed by atoms with Gasteiger partial charge in [0.2, 0.25) is 0 Å². The van der Waals surface area contributed by atoms with E-state index in [1.165, 1.54) is 54.5 Å². The summed E-state index contributed by atoms with van der Waals surface area (Å²) >= 11 is 0. The van der Waals surface area contributed by atoms with Crippen LogP contribution in [0.2, 0.25) is 0 Å². The van der Waals surface area contributed by atoms with Gasteiger partial charge in [-0.15, -0.1) is 0 Å². The van der Waals surface area contributed by atoms with Crippen molar-refractivity contribution < 1.29 is 4.74 Å². The molecule has 1 atom stereocenters. The summed E-state index contributed by atoms with van der Waals surface area (Å²) in [5.74, 6) is 1.000. The van der Waals surface area contributed by atoms with Crippen molar-refractivity contribution >= 4 is 10.9 Å². The molecule has 20 heavy (non-hydrogen) atoms. The Morgan fingerprint density at radius 1 is 1.10 bits per heavy atom. The van der Waals surface area contributed by atoms with Gasteiger partial charge in [0, 0.05) is 23.1 Å². The first-order chi connectivity index (χ1) is 9.78. The number of fused-ring (bicyclic) bond motifs is 3. The number of aromatic nitrogens is 1. The van der Waals surface area contributed by atoms with Crippen molar-refractivity contribution in [3.63, 3.8) is 0 Å². The Balaban J connectivity index is 1.81. The lowest BCUT2D eigenvalue weighted by molar-refractivity contribution is 0.245. The van der Waals surface area contributed by atoms with Crippen molar-refractivity contribution in [1.82, 2.24) is 9.47 Å². The zero-order chi connectivity index (χ0) is 13.7. The van der Waals surface area contributed by atoms with Gasteiger partial charge in [-0.05, 0) is 63.0 Å². The van der Waals surface area contributed by atoms with Gasteiger partial charge < -0.3 is 9.30 Å². The summed E-state index contributed by atoms with van der Waals surface area (Å²) in [5, 5.41) is 1.33.